The van der Waals surface area contributed by atoms with Crippen molar-refractivity contribution in [2.24, 2.45) is 5.92 Å². The number of benzene rings is 1. The smallest absolute Gasteiger partial charge is 0.416 e. The molecule has 1 aromatic carbocycles. The molecule has 2 aromatic rings. The summed E-state index contributed by atoms with van der Waals surface area (Å²) in [6, 6.07) is 9.81. The second kappa shape index (κ2) is 7.45. The molecule has 0 saturated carbocycles. The van der Waals surface area contributed by atoms with Crippen molar-refractivity contribution in [1.29, 1.82) is 0 Å². The highest BCUT2D eigenvalue weighted by Crippen LogP contribution is 2.39. The fraction of sp³-hybridized carbons (Fsp3) is 0.368. The number of piperidine rings is 1. The van der Waals surface area contributed by atoms with E-state index in [2.05, 4.69) is 4.98 Å². The van der Waals surface area contributed by atoms with Crippen LogP contribution in [0.25, 0.3) is 0 Å². The van der Waals surface area contributed by atoms with Crippen LogP contribution < -0.4 is 0 Å². The fourth-order valence-corrected chi connectivity index (χ4v) is 3.52. The quantitative estimate of drug-likeness (QED) is 0.891. The van der Waals surface area contributed by atoms with Crippen molar-refractivity contribution in [2.45, 2.75) is 25.1 Å². The zero-order valence-electron chi connectivity index (χ0n) is 14.0. The number of hydrogen-bond acceptors (Lipinski definition) is 3. The van der Waals surface area contributed by atoms with Gasteiger partial charge in [-0.05, 0) is 43.1 Å². The minimum Gasteiger partial charge on any atom is -0.481 e. The van der Waals surface area contributed by atoms with Crippen molar-refractivity contribution >= 4 is 5.97 Å². The maximum atomic E-state index is 13.6. The third kappa shape index (κ3) is 3.88. The number of pyridine rings is 1. The first-order valence-corrected chi connectivity index (χ1v) is 8.42. The lowest BCUT2D eigenvalue weighted by Crippen LogP contribution is -2.42. The van der Waals surface area contributed by atoms with Gasteiger partial charge in [-0.1, -0.05) is 24.3 Å². The number of carboxylic acid groups (broad SMARTS) is 1. The Balaban J connectivity index is 2.08. The second-order valence-electron chi connectivity index (χ2n) is 6.41. The standard InChI is InChI=1S/C19H19F3N2O2/c20-19(21,22)15-8-2-1-7-14(15)17(16-9-3-4-10-23-16)24-11-5-6-13(12-24)18(25)26/h1-4,7-10,13,17H,5-6,11-12H2,(H,25,26). The molecule has 0 aliphatic carbocycles. The van der Waals surface area contributed by atoms with Gasteiger partial charge in [0, 0.05) is 12.7 Å². The topological polar surface area (TPSA) is 53.4 Å². The molecule has 1 fully saturated rings. The van der Waals surface area contributed by atoms with Gasteiger partial charge in [0.1, 0.15) is 0 Å². The number of hydrogen-bond donors (Lipinski definition) is 1. The molecule has 1 N–H and O–H groups in total. The molecule has 2 unspecified atom stereocenters. The first-order valence-electron chi connectivity index (χ1n) is 8.42. The van der Waals surface area contributed by atoms with Gasteiger partial charge < -0.3 is 5.11 Å². The molecule has 1 saturated heterocycles. The molecule has 26 heavy (non-hydrogen) atoms. The zero-order valence-corrected chi connectivity index (χ0v) is 14.0. The predicted octanol–water partition coefficient (Wildman–Crippen LogP) is 3.99. The molecule has 2 atom stereocenters. The number of rotatable bonds is 4. The molecule has 138 valence electrons. The number of aromatic nitrogens is 1. The molecule has 0 spiro atoms. The number of likely N-dealkylation sites (tertiary alicyclic amines) is 1. The van der Waals surface area contributed by atoms with E-state index < -0.39 is 29.7 Å². The third-order valence-electron chi connectivity index (χ3n) is 4.70. The lowest BCUT2D eigenvalue weighted by molar-refractivity contribution is -0.144. The van der Waals surface area contributed by atoms with Crippen molar-refractivity contribution in [1.82, 2.24) is 9.88 Å². The van der Waals surface area contributed by atoms with E-state index in [1.54, 1.807) is 29.2 Å². The lowest BCUT2D eigenvalue weighted by Gasteiger charge is -2.37. The second-order valence-corrected chi connectivity index (χ2v) is 6.41. The largest absolute Gasteiger partial charge is 0.481 e. The molecule has 0 bridgehead atoms. The molecule has 0 radical (unpaired) electrons. The average Bonchev–Trinajstić information content (AvgIpc) is 2.63. The Morgan fingerprint density at radius 2 is 1.92 bits per heavy atom. The van der Waals surface area contributed by atoms with Crippen LogP contribution in [0.4, 0.5) is 13.2 Å². The van der Waals surface area contributed by atoms with E-state index in [9.17, 15) is 23.1 Å². The number of carbonyl (C=O) groups is 1. The maximum absolute atomic E-state index is 13.6. The molecule has 2 heterocycles. The molecule has 4 nitrogen and oxygen atoms in total. The van der Waals surface area contributed by atoms with Crippen LogP contribution >= 0.6 is 0 Å². The molecule has 7 heteroatoms. The van der Waals surface area contributed by atoms with Crippen LogP contribution in [0.2, 0.25) is 0 Å². The summed E-state index contributed by atoms with van der Waals surface area (Å²) in [7, 11) is 0. The van der Waals surface area contributed by atoms with E-state index in [0.717, 1.165) is 6.07 Å². The van der Waals surface area contributed by atoms with E-state index in [4.69, 9.17) is 0 Å². The summed E-state index contributed by atoms with van der Waals surface area (Å²) in [6.45, 7) is 0.722. The van der Waals surface area contributed by atoms with Gasteiger partial charge in [0.25, 0.3) is 0 Å². The lowest BCUT2D eigenvalue weighted by atomic mass is 9.91. The van der Waals surface area contributed by atoms with Crippen molar-refractivity contribution < 1.29 is 23.1 Å². The molecule has 1 aliphatic heterocycles. The minimum absolute atomic E-state index is 0.102. The summed E-state index contributed by atoms with van der Waals surface area (Å²) in [4.78, 5) is 17.5. The summed E-state index contributed by atoms with van der Waals surface area (Å²) in [6.07, 6.45) is -1.81. The number of aliphatic carboxylic acids is 1. The summed E-state index contributed by atoms with van der Waals surface area (Å²) < 4.78 is 40.7. The Morgan fingerprint density at radius 3 is 2.58 bits per heavy atom. The number of halogens is 3. The molecule has 0 amide bonds. The molecular weight excluding hydrogens is 345 g/mol. The summed E-state index contributed by atoms with van der Waals surface area (Å²) in [5, 5.41) is 9.34. The highest BCUT2D eigenvalue weighted by atomic mass is 19.4. The monoisotopic (exact) mass is 364 g/mol. The Bertz CT molecular complexity index is 765. The normalized spacial score (nSPS) is 19.9. The number of alkyl halides is 3. The van der Waals surface area contributed by atoms with Gasteiger partial charge in [-0.25, -0.2) is 0 Å². The first kappa shape index (κ1) is 18.4. The van der Waals surface area contributed by atoms with Gasteiger partial charge in [-0.3, -0.25) is 14.7 Å². The van der Waals surface area contributed by atoms with Crippen LogP contribution in [-0.4, -0.2) is 34.0 Å². The summed E-state index contributed by atoms with van der Waals surface area (Å²) in [5.74, 6) is -1.51. The van der Waals surface area contributed by atoms with E-state index in [1.165, 1.54) is 18.3 Å². The molecular formula is C19H19F3N2O2. The van der Waals surface area contributed by atoms with Crippen LogP contribution in [0.5, 0.6) is 0 Å². The van der Waals surface area contributed by atoms with E-state index in [0.29, 0.717) is 25.1 Å². The Kier molecular flexibility index (Phi) is 5.27. The zero-order chi connectivity index (χ0) is 18.7. The van der Waals surface area contributed by atoms with Gasteiger partial charge in [-0.15, -0.1) is 0 Å². The van der Waals surface area contributed by atoms with Crippen LogP contribution in [0.3, 0.4) is 0 Å². The molecule has 1 aromatic heterocycles. The van der Waals surface area contributed by atoms with Crippen molar-refractivity contribution in [3.63, 3.8) is 0 Å². The third-order valence-corrected chi connectivity index (χ3v) is 4.70. The number of nitrogens with zero attached hydrogens (tertiary/aromatic N) is 2. The van der Waals surface area contributed by atoms with Crippen LogP contribution in [-0.2, 0) is 11.0 Å². The van der Waals surface area contributed by atoms with Crippen molar-refractivity contribution in [3.05, 3.63) is 65.5 Å². The van der Waals surface area contributed by atoms with Gasteiger partial charge in [0.05, 0.1) is 23.2 Å². The summed E-state index contributed by atoms with van der Waals surface area (Å²) in [5.41, 5.74) is -0.131. The van der Waals surface area contributed by atoms with Gasteiger partial charge >= 0.3 is 12.1 Å². The van der Waals surface area contributed by atoms with Gasteiger partial charge in [-0.2, -0.15) is 13.2 Å². The minimum atomic E-state index is -4.49. The summed E-state index contributed by atoms with van der Waals surface area (Å²) >= 11 is 0. The highest BCUT2D eigenvalue weighted by molar-refractivity contribution is 5.70. The maximum Gasteiger partial charge on any atom is 0.416 e. The van der Waals surface area contributed by atoms with E-state index in [1.807, 2.05) is 0 Å². The SMILES string of the molecule is O=C(O)C1CCCN(C(c2ccccn2)c2ccccc2C(F)(F)F)C1. The van der Waals surface area contributed by atoms with Crippen LogP contribution in [0.1, 0.15) is 35.7 Å². The molecule has 3 rings (SSSR count). The van der Waals surface area contributed by atoms with Crippen LogP contribution in [0, 0.1) is 5.92 Å². The van der Waals surface area contributed by atoms with E-state index >= 15 is 0 Å². The van der Waals surface area contributed by atoms with Crippen LogP contribution in [0.15, 0.2) is 48.7 Å². The number of carboxylic acids is 1. The van der Waals surface area contributed by atoms with Crippen molar-refractivity contribution in [2.75, 3.05) is 13.1 Å². The average molecular weight is 364 g/mol. The first-order chi connectivity index (χ1) is 12.4. The van der Waals surface area contributed by atoms with Gasteiger partial charge in [0.15, 0.2) is 0 Å². The highest BCUT2D eigenvalue weighted by Gasteiger charge is 2.39. The van der Waals surface area contributed by atoms with E-state index in [-0.39, 0.29) is 12.1 Å². The molecule has 1 aliphatic rings. The Morgan fingerprint density at radius 1 is 1.19 bits per heavy atom. The fourth-order valence-electron chi connectivity index (χ4n) is 3.52. The Hall–Kier alpha value is -2.41. The predicted molar refractivity (Wildman–Crippen MR) is 89.5 cm³/mol. The Labute approximate surface area is 149 Å². The van der Waals surface area contributed by atoms with Gasteiger partial charge in [0.2, 0.25) is 0 Å². The van der Waals surface area contributed by atoms with Crippen molar-refractivity contribution in [3.8, 4) is 0 Å².